The fourth-order valence-electron chi connectivity index (χ4n) is 1.48. The lowest BCUT2D eigenvalue weighted by Gasteiger charge is -1.99. The second-order valence-corrected chi connectivity index (χ2v) is 4.24. The number of rotatable bonds is 3. The summed E-state index contributed by atoms with van der Waals surface area (Å²) in [5, 5.41) is 8.50. The molecule has 0 saturated heterocycles. The van der Waals surface area contributed by atoms with Crippen LogP contribution < -0.4 is 0 Å². The first-order valence-corrected chi connectivity index (χ1v) is 5.76. The number of halogens is 1. The summed E-state index contributed by atoms with van der Waals surface area (Å²) < 4.78 is 1.03. The van der Waals surface area contributed by atoms with Gasteiger partial charge in [-0.25, -0.2) is 4.98 Å². The van der Waals surface area contributed by atoms with Crippen molar-refractivity contribution in [1.29, 1.82) is 5.26 Å². The lowest BCUT2D eigenvalue weighted by atomic mass is 10.2. The highest BCUT2D eigenvalue weighted by Gasteiger charge is 2.05. The summed E-state index contributed by atoms with van der Waals surface area (Å²) in [6.07, 6.45) is 2.96. The van der Waals surface area contributed by atoms with Crippen molar-refractivity contribution in [3.63, 3.8) is 0 Å². The maximum atomic E-state index is 8.50. The minimum Gasteiger partial charge on any atom is -0.342 e. The zero-order valence-corrected chi connectivity index (χ0v) is 10.2. The molecule has 0 atom stereocenters. The fourth-order valence-corrected chi connectivity index (χ4v) is 1.98. The quantitative estimate of drug-likeness (QED) is 0.935. The third-order valence-corrected chi connectivity index (χ3v) is 2.96. The van der Waals surface area contributed by atoms with Crippen molar-refractivity contribution in [3.05, 3.63) is 40.8 Å². The first-order valence-electron chi connectivity index (χ1n) is 4.97. The summed E-state index contributed by atoms with van der Waals surface area (Å²) in [4.78, 5) is 7.46. The number of nitrogens with zero attached hydrogens (tertiary/aromatic N) is 2. The SMILES string of the molecule is N#CCCc1ncc(-c2ccccc2Br)[nH]1. The molecule has 0 fully saturated rings. The first-order chi connectivity index (χ1) is 7.81. The van der Waals surface area contributed by atoms with Crippen LogP contribution in [-0.2, 0) is 6.42 Å². The molecule has 0 aliphatic heterocycles. The van der Waals surface area contributed by atoms with Crippen LogP contribution in [0.25, 0.3) is 11.3 Å². The molecule has 1 aromatic carbocycles. The topological polar surface area (TPSA) is 52.5 Å². The largest absolute Gasteiger partial charge is 0.342 e. The summed E-state index contributed by atoms with van der Waals surface area (Å²) in [6, 6.07) is 10.1. The number of aromatic nitrogens is 2. The number of nitrogens with one attached hydrogen (secondary N) is 1. The lowest BCUT2D eigenvalue weighted by molar-refractivity contribution is 0.918. The molecule has 1 aromatic heterocycles. The number of nitriles is 1. The molecular formula is C12H10BrN3. The van der Waals surface area contributed by atoms with Gasteiger partial charge in [0.1, 0.15) is 5.82 Å². The van der Waals surface area contributed by atoms with Crippen LogP contribution in [0.2, 0.25) is 0 Å². The van der Waals surface area contributed by atoms with Crippen molar-refractivity contribution in [2.75, 3.05) is 0 Å². The van der Waals surface area contributed by atoms with Gasteiger partial charge in [0.05, 0.1) is 18.0 Å². The number of aryl methyl sites for hydroxylation is 1. The zero-order valence-electron chi connectivity index (χ0n) is 8.57. The molecule has 0 aliphatic carbocycles. The smallest absolute Gasteiger partial charge is 0.107 e. The van der Waals surface area contributed by atoms with Crippen LogP contribution in [0.3, 0.4) is 0 Å². The standard InChI is InChI=1S/C12H10BrN3/c13-10-5-2-1-4-9(10)11-8-15-12(16-11)6-3-7-14/h1-2,4-5,8H,3,6H2,(H,15,16). The molecule has 2 rings (SSSR count). The molecule has 0 aliphatic rings. The Morgan fingerprint density at radius 2 is 2.19 bits per heavy atom. The van der Waals surface area contributed by atoms with Crippen LogP contribution in [0.4, 0.5) is 0 Å². The van der Waals surface area contributed by atoms with Crippen LogP contribution >= 0.6 is 15.9 Å². The monoisotopic (exact) mass is 275 g/mol. The van der Waals surface area contributed by atoms with Crippen LogP contribution in [0.5, 0.6) is 0 Å². The van der Waals surface area contributed by atoms with Crippen molar-refractivity contribution < 1.29 is 0 Å². The van der Waals surface area contributed by atoms with Crippen LogP contribution in [0.1, 0.15) is 12.2 Å². The number of imidazole rings is 1. The number of H-pyrrole nitrogens is 1. The van der Waals surface area contributed by atoms with Gasteiger partial charge in [-0.3, -0.25) is 0 Å². The van der Waals surface area contributed by atoms with Gasteiger partial charge in [-0.05, 0) is 6.07 Å². The molecule has 1 N–H and O–H groups in total. The maximum Gasteiger partial charge on any atom is 0.107 e. The van der Waals surface area contributed by atoms with E-state index in [1.807, 2.05) is 24.3 Å². The van der Waals surface area contributed by atoms with Gasteiger partial charge in [-0.1, -0.05) is 34.1 Å². The van der Waals surface area contributed by atoms with Gasteiger partial charge in [0.2, 0.25) is 0 Å². The van der Waals surface area contributed by atoms with Gasteiger partial charge in [0.15, 0.2) is 0 Å². The number of hydrogen-bond donors (Lipinski definition) is 1. The van der Waals surface area contributed by atoms with Crippen LogP contribution in [-0.4, -0.2) is 9.97 Å². The second-order valence-electron chi connectivity index (χ2n) is 3.38. The van der Waals surface area contributed by atoms with Crippen molar-refractivity contribution in [3.8, 4) is 17.3 Å². The lowest BCUT2D eigenvalue weighted by Crippen LogP contribution is -1.86. The summed E-state index contributed by atoms with van der Waals surface area (Å²) >= 11 is 3.49. The highest BCUT2D eigenvalue weighted by molar-refractivity contribution is 9.10. The number of benzene rings is 1. The van der Waals surface area contributed by atoms with Crippen LogP contribution in [0.15, 0.2) is 34.9 Å². The Balaban J connectivity index is 2.26. The maximum absolute atomic E-state index is 8.50. The molecule has 0 unspecified atom stereocenters. The third-order valence-electron chi connectivity index (χ3n) is 2.27. The summed E-state index contributed by atoms with van der Waals surface area (Å²) in [6.45, 7) is 0. The van der Waals surface area contributed by atoms with Gasteiger partial charge < -0.3 is 4.98 Å². The van der Waals surface area contributed by atoms with Crippen LogP contribution in [0, 0.1) is 11.3 Å². The van der Waals surface area contributed by atoms with E-state index in [4.69, 9.17) is 5.26 Å². The van der Waals surface area contributed by atoms with Gasteiger partial charge in [-0.2, -0.15) is 5.26 Å². The molecule has 0 spiro atoms. The van der Waals surface area contributed by atoms with Gasteiger partial charge in [0.25, 0.3) is 0 Å². The zero-order chi connectivity index (χ0) is 11.4. The van der Waals surface area contributed by atoms with E-state index in [-0.39, 0.29) is 0 Å². The van der Waals surface area contributed by atoms with E-state index < -0.39 is 0 Å². The molecule has 16 heavy (non-hydrogen) atoms. The molecule has 0 saturated carbocycles. The van der Waals surface area contributed by atoms with E-state index in [0.29, 0.717) is 12.8 Å². The second kappa shape index (κ2) is 4.95. The molecule has 0 radical (unpaired) electrons. The Kier molecular flexibility index (Phi) is 3.37. The molecule has 1 heterocycles. The Hall–Kier alpha value is -1.60. The molecule has 80 valence electrons. The normalized spacial score (nSPS) is 10.0. The van der Waals surface area contributed by atoms with Gasteiger partial charge in [0, 0.05) is 22.9 Å². The van der Waals surface area contributed by atoms with E-state index in [9.17, 15) is 0 Å². The Morgan fingerprint density at radius 1 is 1.38 bits per heavy atom. The predicted molar refractivity (Wildman–Crippen MR) is 65.7 cm³/mol. The first kappa shape index (κ1) is 10.9. The Morgan fingerprint density at radius 3 is 2.94 bits per heavy atom. The summed E-state index contributed by atoms with van der Waals surface area (Å²) in [7, 11) is 0. The third kappa shape index (κ3) is 2.31. The molecule has 2 aromatic rings. The number of hydrogen-bond acceptors (Lipinski definition) is 2. The van der Waals surface area contributed by atoms with Crippen molar-refractivity contribution in [2.24, 2.45) is 0 Å². The van der Waals surface area contributed by atoms with Gasteiger partial charge in [-0.15, -0.1) is 0 Å². The van der Waals surface area contributed by atoms with E-state index in [0.717, 1.165) is 21.6 Å². The van der Waals surface area contributed by atoms with Gasteiger partial charge >= 0.3 is 0 Å². The molecule has 0 bridgehead atoms. The predicted octanol–water partition coefficient (Wildman–Crippen LogP) is 3.30. The van der Waals surface area contributed by atoms with E-state index in [2.05, 4.69) is 32.0 Å². The Bertz CT molecular complexity index is 525. The Labute approximate surface area is 102 Å². The highest BCUT2D eigenvalue weighted by atomic mass is 79.9. The molecule has 3 nitrogen and oxygen atoms in total. The van der Waals surface area contributed by atoms with E-state index in [1.165, 1.54) is 0 Å². The van der Waals surface area contributed by atoms with Crippen molar-refractivity contribution >= 4 is 15.9 Å². The molecular weight excluding hydrogens is 266 g/mol. The minimum atomic E-state index is 0.489. The van der Waals surface area contributed by atoms with Crippen molar-refractivity contribution in [1.82, 2.24) is 9.97 Å². The summed E-state index contributed by atoms with van der Waals surface area (Å²) in [5.74, 6) is 0.854. The molecule has 0 amide bonds. The minimum absolute atomic E-state index is 0.489. The average Bonchev–Trinajstić information content (AvgIpc) is 2.75. The summed E-state index contributed by atoms with van der Waals surface area (Å²) in [5.41, 5.74) is 2.05. The highest BCUT2D eigenvalue weighted by Crippen LogP contribution is 2.26. The van der Waals surface area contributed by atoms with E-state index in [1.54, 1.807) is 6.20 Å². The van der Waals surface area contributed by atoms with E-state index >= 15 is 0 Å². The fraction of sp³-hybridized carbons (Fsp3) is 0.167. The molecule has 4 heteroatoms. The number of aromatic amines is 1. The average molecular weight is 276 g/mol. The van der Waals surface area contributed by atoms with Crippen molar-refractivity contribution in [2.45, 2.75) is 12.8 Å².